The second-order valence-electron chi connectivity index (χ2n) is 6.86. The summed E-state index contributed by atoms with van der Waals surface area (Å²) in [5.74, 6) is -4.92. The molecule has 0 aromatic heterocycles. The molecule has 0 saturated heterocycles. The Balaban J connectivity index is 1.51. The van der Waals surface area contributed by atoms with Gasteiger partial charge in [-0.1, -0.05) is 0 Å². The van der Waals surface area contributed by atoms with Crippen molar-refractivity contribution in [3.63, 3.8) is 0 Å². The Morgan fingerprint density at radius 3 is 2.35 bits per heavy atom. The van der Waals surface area contributed by atoms with Crippen molar-refractivity contribution in [3.05, 3.63) is 0 Å². The first-order chi connectivity index (χ1) is 10.7. The minimum absolute atomic E-state index is 0.0642. The number of esters is 1. The van der Waals surface area contributed by atoms with Crippen LogP contribution in [0.3, 0.4) is 0 Å². The number of carbonyl (C=O) groups is 3. The average molecular weight is 332 g/mol. The van der Waals surface area contributed by atoms with Gasteiger partial charge in [-0.15, -0.1) is 0 Å². The van der Waals surface area contributed by atoms with Gasteiger partial charge in [0.2, 0.25) is 6.79 Å². The quantitative estimate of drug-likeness (QED) is 0.581. The van der Waals surface area contributed by atoms with Crippen LogP contribution < -0.4 is 0 Å². The lowest BCUT2D eigenvalue weighted by Crippen LogP contribution is -2.56. The van der Waals surface area contributed by atoms with E-state index in [9.17, 15) is 23.2 Å². The van der Waals surface area contributed by atoms with Gasteiger partial charge >= 0.3 is 18.0 Å². The highest BCUT2D eigenvalue weighted by Crippen LogP contribution is 2.55. The average Bonchev–Trinajstić information content (AvgIpc) is 2.42. The lowest BCUT2D eigenvalue weighted by Gasteiger charge is -2.54. The zero-order chi connectivity index (χ0) is 16.8. The minimum Gasteiger partial charge on any atom is -0.428 e. The number of ether oxygens (including phenoxy) is 3. The molecular weight excluding hydrogens is 314 g/mol. The molecule has 0 aromatic carbocycles. The molecule has 0 N–H and O–H groups in total. The fourth-order valence-corrected chi connectivity index (χ4v) is 4.26. The zero-order valence-electron chi connectivity index (χ0n) is 12.7. The molecule has 0 aromatic rings. The number of hydrogen-bond donors (Lipinski definition) is 0. The van der Waals surface area contributed by atoms with Crippen LogP contribution >= 0.6 is 0 Å². The summed E-state index contributed by atoms with van der Waals surface area (Å²) in [6.45, 7) is -0.535. The van der Waals surface area contributed by atoms with Crippen LogP contribution in [0.25, 0.3) is 0 Å². The van der Waals surface area contributed by atoms with Crippen molar-refractivity contribution in [3.8, 4) is 0 Å². The monoisotopic (exact) mass is 332 g/mol. The summed E-state index contributed by atoms with van der Waals surface area (Å²) in [6.07, 6.45) is 2.29. The van der Waals surface area contributed by atoms with Crippen molar-refractivity contribution < 1.29 is 37.4 Å². The summed E-state index contributed by atoms with van der Waals surface area (Å²) in [5.41, 5.74) is -0.708. The van der Waals surface area contributed by atoms with Gasteiger partial charge in [0.1, 0.15) is 11.4 Å². The number of ketones is 1. The molecule has 2 unspecified atom stereocenters. The van der Waals surface area contributed by atoms with Crippen LogP contribution in [0.5, 0.6) is 0 Å². The summed E-state index contributed by atoms with van der Waals surface area (Å²) in [5, 5.41) is 0. The SMILES string of the molecule is CC(F)(F)C(=O)OCOC(=O)OC12CC3CC(C1)C(=O)C(C3)C2. The van der Waals surface area contributed by atoms with Crippen LogP contribution in [0.15, 0.2) is 0 Å². The topological polar surface area (TPSA) is 78.9 Å². The predicted octanol–water partition coefficient (Wildman–Crippen LogP) is 2.44. The van der Waals surface area contributed by atoms with Gasteiger partial charge in [-0.05, 0) is 38.0 Å². The highest BCUT2D eigenvalue weighted by Gasteiger charge is 2.57. The lowest BCUT2D eigenvalue weighted by atomic mass is 9.53. The molecule has 8 heteroatoms. The minimum atomic E-state index is -3.65. The summed E-state index contributed by atoms with van der Waals surface area (Å²) in [4.78, 5) is 34.6. The Morgan fingerprint density at radius 2 is 1.78 bits per heavy atom. The van der Waals surface area contributed by atoms with Crippen molar-refractivity contribution in [2.75, 3.05) is 6.79 Å². The van der Waals surface area contributed by atoms with Gasteiger partial charge < -0.3 is 14.2 Å². The molecule has 0 aliphatic heterocycles. The summed E-state index contributed by atoms with van der Waals surface area (Å²) in [6, 6.07) is 0. The van der Waals surface area contributed by atoms with Gasteiger partial charge in [0.05, 0.1) is 0 Å². The van der Waals surface area contributed by atoms with Crippen molar-refractivity contribution in [2.45, 2.75) is 50.6 Å². The lowest BCUT2D eigenvalue weighted by molar-refractivity contribution is -0.184. The first kappa shape index (κ1) is 16.1. The Bertz CT molecular complexity index is 523. The van der Waals surface area contributed by atoms with E-state index in [2.05, 4.69) is 9.47 Å². The molecule has 0 spiro atoms. The molecule has 0 radical (unpaired) electrons. The Kier molecular flexibility index (Phi) is 3.80. The van der Waals surface area contributed by atoms with E-state index in [1.165, 1.54) is 0 Å². The van der Waals surface area contributed by atoms with Crippen molar-refractivity contribution in [1.82, 2.24) is 0 Å². The molecule has 128 valence electrons. The summed E-state index contributed by atoms with van der Waals surface area (Å²) in [7, 11) is 0. The van der Waals surface area contributed by atoms with Crippen molar-refractivity contribution in [2.24, 2.45) is 17.8 Å². The fraction of sp³-hybridized carbons (Fsp3) is 0.800. The predicted molar refractivity (Wildman–Crippen MR) is 70.4 cm³/mol. The van der Waals surface area contributed by atoms with Gasteiger partial charge in [0.15, 0.2) is 0 Å². The zero-order valence-corrected chi connectivity index (χ0v) is 12.7. The number of carbonyl (C=O) groups excluding carboxylic acids is 3. The van der Waals surface area contributed by atoms with Crippen LogP contribution in [0.2, 0.25) is 0 Å². The third-order valence-electron chi connectivity index (χ3n) is 4.96. The van der Waals surface area contributed by atoms with Crippen LogP contribution in [-0.2, 0) is 23.8 Å². The first-order valence-corrected chi connectivity index (χ1v) is 7.63. The smallest absolute Gasteiger partial charge is 0.428 e. The molecule has 2 atom stereocenters. The van der Waals surface area contributed by atoms with Crippen LogP contribution in [0.1, 0.15) is 39.0 Å². The highest BCUT2D eigenvalue weighted by molar-refractivity contribution is 5.86. The van der Waals surface area contributed by atoms with E-state index < -0.39 is 30.4 Å². The van der Waals surface area contributed by atoms with Crippen LogP contribution in [0, 0.1) is 17.8 Å². The van der Waals surface area contributed by atoms with Gasteiger partial charge in [-0.2, -0.15) is 8.78 Å². The fourth-order valence-electron chi connectivity index (χ4n) is 4.26. The number of rotatable bonds is 4. The molecule has 4 bridgehead atoms. The largest absolute Gasteiger partial charge is 0.511 e. The molecule has 4 aliphatic carbocycles. The number of alkyl halides is 2. The standard InChI is InChI=1S/C15H18F2O6/c1-14(16,17)12(19)21-7-22-13(20)23-15-4-8-2-9(5-15)11(18)10(3-8)6-15/h8-10H,2-7H2,1H3. The maximum absolute atomic E-state index is 12.6. The van der Waals surface area contributed by atoms with Gasteiger partial charge in [0, 0.05) is 18.8 Å². The molecule has 4 saturated carbocycles. The maximum atomic E-state index is 12.6. The van der Waals surface area contributed by atoms with E-state index in [1.807, 2.05) is 0 Å². The molecule has 0 heterocycles. The Hall–Kier alpha value is -1.73. The van der Waals surface area contributed by atoms with E-state index in [0.29, 0.717) is 32.1 Å². The third-order valence-corrected chi connectivity index (χ3v) is 4.96. The molecule has 4 fully saturated rings. The van der Waals surface area contributed by atoms with Crippen molar-refractivity contribution >= 4 is 17.9 Å². The van der Waals surface area contributed by atoms with E-state index in [0.717, 1.165) is 12.8 Å². The summed E-state index contributed by atoms with van der Waals surface area (Å²) >= 11 is 0. The first-order valence-electron chi connectivity index (χ1n) is 7.63. The van der Waals surface area contributed by atoms with E-state index in [4.69, 9.17) is 4.74 Å². The van der Waals surface area contributed by atoms with Gasteiger partial charge in [-0.3, -0.25) is 4.79 Å². The number of Topliss-reactive ketones (excluding diaryl/α,β-unsaturated/α-hetero) is 1. The molecule has 4 aliphatic rings. The summed E-state index contributed by atoms with van der Waals surface area (Å²) < 4.78 is 39.2. The molecule has 23 heavy (non-hydrogen) atoms. The van der Waals surface area contributed by atoms with Crippen molar-refractivity contribution in [1.29, 1.82) is 0 Å². The number of hydrogen-bond acceptors (Lipinski definition) is 6. The van der Waals surface area contributed by atoms with Crippen LogP contribution in [0.4, 0.5) is 13.6 Å². The molecule has 6 nitrogen and oxygen atoms in total. The van der Waals surface area contributed by atoms with E-state index in [1.54, 1.807) is 0 Å². The number of halogens is 2. The van der Waals surface area contributed by atoms with Crippen LogP contribution in [-0.4, -0.2) is 36.2 Å². The third kappa shape index (κ3) is 3.16. The van der Waals surface area contributed by atoms with E-state index >= 15 is 0 Å². The second-order valence-corrected chi connectivity index (χ2v) is 6.86. The molecule has 4 rings (SSSR count). The Morgan fingerprint density at radius 1 is 1.17 bits per heavy atom. The Labute approximate surface area is 131 Å². The molecular formula is C15H18F2O6. The normalized spacial score (nSPS) is 35.1. The highest BCUT2D eigenvalue weighted by atomic mass is 19.3. The second kappa shape index (κ2) is 5.42. The molecule has 0 amide bonds. The van der Waals surface area contributed by atoms with Gasteiger partial charge in [-0.25, -0.2) is 9.59 Å². The maximum Gasteiger partial charge on any atom is 0.511 e. The van der Waals surface area contributed by atoms with E-state index in [-0.39, 0.29) is 17.6 Å². The van der Waals surface area contributed by atoms with Gasteiger partial charge in [0.25, 0.3) is 0 Å².